The van der Waals surface area contributed by atoms with Gasteiger partial charge in [0, 0.05) is 5.57 Å². The van der Waals surface area contributed by atoms with Crippen LogP contribution in [0, 0.1) is 11.1 Å². The van der Waals surface area contributed by atoms with E-state index in [0.29, 0.717) is 0 Å². The normalized spacial score (nSPS) is 23.1. The number of amides is 1. The quantitative estimate of drug-likeness (QED) is 0.610. The van der Waals surface area contributed by atoms with Gasteiger partial charge in [0.25, 0.3) is 5.91 Å². The zero-order valence-corrected chi connectivity index (χ0v) is 13.3. The van der Waals surface area contributed by atoms with E-state index >= 15 is 0 Å². The van der Waals surface area contributed by atoms with E-state index in [4.69, 9.17) is 5.21 Å². The Hall–Kier alpha value is -1.14. The second-order valence-electron chi connectivity index (χ2n) is 5.34. The van der Waals surface area contributed by atoms with Crippen LogP contribution in [-0.2, 0) is 14.6 Å². The first-order chi connectivity index (χ1) is 10.0. The molecule has 0 bridgehead atoms. The number of allylic oxidation sites excluding steroid dienone is 2. The van der Waals surface area contributed by atoms with Crippen molar-refractivity contribution < 1.29 is 18.4 Å². The predicted molar refractivity (Wildman–Crippen MR) is 82.8 cm³/mol. The van der Waals surface area contributed by atoms with Gasteiger partial charge in [-0.2, -0.15) is 0 Å². The number of nitrogens with one attached hydrogen (secondary N) is 1. The van der Waals surface area contributed by atoms with Crippen LogP contribution in [0.25, 0.3) is 0 Å². The Bertz CT molecular complexity index is 619. The highest BCUT2D eigenvalue weighted by molar-refractivity contribution is 7.95. The molecule has 1 atom stereocenters. The molecule has 21 heavy (non-hydrogen) atoms. The van der Waals surface area contributed by atoms with E-state index in [1.54, 1.807) is 11.5 Å². The van der Waals surface area contributed by atoms with Crippen molar-refractivity contribution in [3.63, 3.8) is 0 Å². The lowest BCUT2D eigenvalue weighted by molar-refractivity contribution is -0.125. The van der Waals surface area contributed by atoms with Crippen molar-refractivity contribution in [3.8, 4) is 5.18 Å². The van der Waals surface area contributed by atoms with Gasteiger partial charge in [0.15, 0.2) is 15.1 Å². The molecule has 0 radical (unpaired) electrons. The summed E-state index contributed by atoms with van der Waals surface area (Å²) in [7, 11) is -3.52. The first kappa shape index (κ1) is 16.2. The van der Waals surface area contributed by atoms with Crippen LogP contribution in [0.2, 0.25) is 0 Å². The molecule has 0 spiro atoms. The molecule has 7 heteroatoms. The minimum atomic E-state index is -3.52. The number of carbonyl (C=O) groups excluding carboxylic acids is 1. The average Bonchev–Trinajstić information content (AvgIpc) is 2.73. The summed E-state index contributed by atoms with van der Waals surface area (Å²) in [6.45, 7) is 0. The summed E-state index contributed by atoms with van der Waals surface area (Å²) < 4.78 is 25.3. The zero-order valence-electron chi connectivity index (χ0n) is 11.6. The minimum Gasteiger partial charge on any atom is -0.288 e. The molecule has 1 saturated carbocycles. The lowest BCUT2D eigenvalue weighted by Crippen LogP contribution is -2.35. The molecular weight excluding hydrogens is 310 g/mol. The molecule has 2 N–H and O–H groups in total. The van der Waals surface area contributed by atoms with Gasteiger partial charge in [-0.25, -0.2) is 13.9 Å². The van der Waals surface area contributed by atoms with Crippen LogP contribution in [0.15, 0.2) is 23.1 Å². The van der Waals surface area contributed by atoms with Crippen LogP contribution < -0.4 is 5.48 Å². The van der Waals surface area contributed by atoms with E-state index in [9.17, 15) is 13.2 Å². The van der Waals surface area contributed by atoms with Crippen molar-refractivity contribution in [3.05, 3.63) is 23.1 Å². The van der Waals surface area contributed by atoms with Crippen LogP contribution in [0.5, 0.6) is 0 Å². The standard InChI is InChI=1S/C14H19NO4S2/c16-14(15-17)12-7-4-8-20-9-13(12)21(18,19)10-11-5-2-1-3-6-11/h4,7-8,11,13,17H,1-3,5-6,10H2,(H,15,16). The Morgan fingerprint density at radius 1 is 1.38 bits per heavy atom. The highest BCUT2D eigenvalue weighted by Crippen LogP contribution is 2.27. The fourth-order valence-corrected chi connectivity index (χ4v) is 5.73. The van der Waals surface area contributed by atoms with Crippen molar-refractivity contribution in [2.45, 2.75) is 37.4 Å². The Morgan fingerprint density at radius 3 is 2.76 bits per heavy atom. The topological polar surface area (TPSA) is 83.5 Å². The highest BCUT2D eigenvalue weighted by Gasteiger charge is 2.34. The average molecular weight is 329 g/mol. The van der Waals surface area contributed by atoms with Gasteiger partial charge in [-0.1, -0.05) is 36.6 Å². The van der Waals surface area contributed by atoms with Crippen LogP contribution in [0.4, 0.5) is 0 Å². The third-order valence-corrected chi connectivity index (χ3v) is 6.64. The van der Waals surface area contributed by atoms with Crippen molar-refractivity contribution in [1.82, 2.24) is 5.48 Å². The number of sulfone groups is 1. The zero-order chi connectivity index (χ0) is 15.3. The molecule has 0 saturated heterocycles. The SMILES string of the molecule is O=C(NO)C1=CC=CS#CC1S(=O)(=O)CC1CCCCC1. The van der Waals surface area contributed by atoms with Crippen LogP contribution in [-0.4, -0.2) is 30.5 Å². The molecule has 1 amide bonds. The summed E-state index contributed by atoms with van der Waals surface area (Å²) in [5.74, 6) is -0.571. The monoisotopic (exact) mass is 329 g/mol. The summed E-state index contributed by atoms with van der Waals surface area (Å²) in [6.07, 6.45) is 8.13. The first-order valence-corrected chi connectivity index (χ1v) is 9.58. The fourth-order valence-electron chi connectivity index (χ4n) is 2.74. The molecule has 5 nitrogen and oxygen atoms in total. The molecule has 1 unspecified atom stereocenters. The number of carbonyl (C=O) groups is 1. The van der Waals surface area contributed by atoms with Gasteiger partial charge in [0.2, 0.25) is 0 Å². The highest BCUT2D eigenvalue weighted by atomic mass is 32.2. The van der Waals surface area contributed by atoms with E-state index in [1.165, 1.54) is 11.6 Å². The smallest absolute Gasteiger partial charge is 0.272 e. The lowest BCUT2D eigenvalue weighted by atomic mass is 9.91. The third kappa shape index (κ3) is 4.17. The van der Waals surface area contributed by atoms with E-state index in [1.807, 2.05) is 0 Å². The Labute approximate surface area is 128 Å². The Morgan fingerprint density at radius 2 is 2.10 bits per heavy atom. The second-order valence-corrected chi connectivity index (χ2v) is 8.21. The molecule has 2 aliphatic rings. The summed E-state index contributed by atoms with van der Waals surface area (Å²) >= 11 is 1.12. The maximum absolute atomic E-state index is 12.6. The second kappa shape index (κ2) is 7.22. The van der Waals surface area contributed by atoms with Gasteiger partial charge < -0.3 is 0 Å². The molecule has 2 rings (SSSR count). The third-order valence-electron chi connectivity index (χ3n) is 3.80. The molecule has 116 valence electrons. The summed E-state index contributed by atoms with van der Waals surface area (Å²) in [4.78, 5) is 11.7. The largest absolute Gasteiger partial charge is 0.288 e. The molecule has 1 fully saturated rings. The Kier molecular flexibility index (Phi) is 5.58. The molecule has 0 aromatic rings. The summed E-state index contributed by atoms with van der Waals surface area (Å²) in [6, 6.07) is 0. The Balaban J connectivity index is 2.22. The van der Waals surface area contributed by atoms with Crippen molar-refractivity contribution in [2.75, 3.05) is 5.75 Å². The first-order valence-electron chi connectivity index (χ1n) is 6.98. The summed E-state index contributed by atoms with van der Waals surface area (Å²) in [5.41, 5.74) is 1.52. The van der Waals surface area contributed by atoms with Crippen LogP contribution >= 0.6 is 11.2 Å². The van der Waals surface area contributed by atoms with Crippen LogP contribution in [0.1, 0.15) is 32.1 Å². The lowest BCUT2D eigenvalue weighted by Gasteiger charge is -2.23. The van der Waals surface area contributed by atoms with Gasteiger partial charge in [-0.05, 0) is 24.2 Å². The van der Waals surface area contributed by atoms with Gasteiger partial charge in [-0.3, -0.25) is 10.0 Å². The molecule has 1 aliphatic heterocycles. The summed E-state index contributed by atoms with van der Waals surface area (Å²) in [5, 5.41) is 12.1. The van der Waals surface area contributed by atoms with Crippen molar-refractivity contribution in [2.24, 2.45) is 5.92 Å². The number of rotatable bonds is 4. The maximum Gasteiger partial charge on any atom is 0.272 e. The molecule has 0 aromatic carbocycles. The van der Waals surface area contributed by atoms with E-state index < -0.39 is 21.0 Å². The van der Waals surface area contributed by atoms with E-state index in [-0.39, 0.29) is 17.2 Å². The minimum absolute atomic E-state index is 0.00885. The maximum atomic E-state index is 12.6. The number of hydrogen-bond acceptors (Lipinski definition) is 4. The number of hydroxylamine groups is 1. The van der Waals surface area contributed by atoms with E-state index in [0.717, 1.165) is 43.3 Å². The molecule has 1 aliphatic carbocycles. The van der Waals surface area contributed by atoms with Gasteiger partial charge in [0.1, 0.15) is 0 Å². The fraction of sp³-hybridized carbons (Fsp3) is 0.571. The van der Waals surface area contributed by atoms with Crippen molar-refractivity contribution in [1.29, 1.82) is 0 Å². The van der Waals surface area contributed by atoms with Crippen molar-refractivity contribution >= 4 is 26.9 Å². The molecule has 0 aromatic heterocycles. The number of hydrogen-bond donors (Lipinski definition) is 2. The van der Waals surface area contributed by atoms with Gasteiger partial charge in [-0.15, -0.1) is 11.2 Å². The molecule has 1 heterocycles. The van der Waals surface area contributed by atoms with E-state index in [2.05, 4.69) is 5.18 Å². The predicted octanol–water partition coefficient (Wildman–Crippen LogP) is 2.00. The van der Waals surface area contributed by atoms with Gasteiger partial charge >= 0.3 is 0 Å². The van der Waals surface area contributed by atoms with Crippen LogP contribution in [0.3, 0.4) is 0 Å². The molecular formula is C14H19NO4S2. The van der Waals surface area contributed by atoms with Gasteiger partial charge in [0.05, 0.1) is 5.75 Å².